The van der Waals surface area contributed by atoms with Crippen molar-refractivity contribution in [1.29, 1.82) is 0 Å². The zero-order valence-electron chi connectivity index (χ0n) is 10.1. The van der Waals surface area contributed by atoms with E-state index in [1.807, 2.05) is 0 Å². The van der Waals surface area contributed by atoms with Gasteiger partial charge in [0.1, 0.15) is 11.6 Å². The standard InChI is InChI=1S/C13H19F2N/c1-4-9(2)8-12(16-3)13-10(14)6-5-7-11(13)15/h5-7,9,12,16H,4,8H2,1-3H3. The molecule has 0 radical (unpaired) electrons. The van der Waals surface area contributed by atoms with Gasteiger partial charge in [0.2, 0.25) is 0 Å². The first-order chi connectivity index (χ1) is 7.60. The van der Waals surface area contributed by atoms with Gasteiger partial charge in [0.05, 0.1) is 0 Å². The lowest BCUT2D eigenvalue weighted by Crippen LogP contribution is -2.21. The highest BCUT2D eigenvalue weighted by atomic mass is 19.1. The average Bonchev–Trinajstić information content (AvgIpc) is 2.27. The molecule has 1 N–H and O–H groups in total. The van der Waals surface area contributed by atoms with E-state index in [9.17, 15) is 8.78 Å². The van der Waals surface area contributed by atoms with Crippen LogP contribution in [0.25, 0.3) is 0 Å². The summed E-state index contributed by atoms with van der Waals surface area (Å²) in [6, 6.07) is 3.75. The van der Waals surface area contributed by atoms with Crippen molar-refractivity contribution in [3.63, 3.8) is 0 Å². The number of rotatable bonds is 5. The fraction of sp³-hybridized carbons (Fsp3) is 0.538. The molecule has 0 saturated heterocycles. The Balaban J connectivity index is 2.94. The third-order valence-electron chi connectivity index (χ3n) is 3.03. The highest BCUT2D eigenvalue weighted by Crippen LogP contribution is 2.26. The first-order valence-electron chi connectivity index (χ1n) is 5.71. The lowest BCUT2D eigenvalue weighted by atomic mass is 9.94. The maximum Gasteiger partial charge on any atom is 0.130 e. The molecule has 3 heteroatoms. The van der Waals surface area contributed by atoms with E-state index in [0.29, 0.717) is 5.92 Å². The minimum Gasteiger partial charge on any atom is -0.313 e. The van der Waals surface area contributed by atoms with Crippen LogP contribution in [0.2, 0.25) is 0 Å². The van der Waals surface area contributed by atoms with Gasteiger partial charge in [-0.15, -0.1) is 0 Å². The van der Waals surface area contributed by atoms with Gasteiger partial charge in [0.25, 0.3) is 0 Å². The Bertz CT molecular complexity index is 318. The zero-order valence-corrected chi connectivity index (χ0v) is 10.1. The normalized spacial score (nSPS) is 14.8. The molecule has 0 spiro atoms. The van der Waals surface area contributed by atoms with Crippen LogP contribution in [0.3, 0.4) is 0 Å². The van der Waals surface area contributed by atoms with Crippen LogP contribution < -0.4 is 5.32 Å². The van der Waals surface area contributed by atoms with Crippen molar-refractivity contribution in [2.75, 3.05) is 7.05 Å². The van der Waals surface area contributed by atoms with Crippen molar-refractivity contribution < 1.29 is 8.78 Å². The van der Waals surface area contributed by atoms with Gasteiger partial charge in [0.15, 0.2) is 0 Å². The van der Waals surface area contributed by atoms with Crippen LogP contribution >= 0.6 is 0 Å². The van der Waals surface area contributed by atoms with Crippen molar-refractivity contribution >= 4 is 0 Å². The molecule has 1 nitrogen and oxygen atoms in total. The fourth-order valence-corrected chi connectivity index (χ4v) is 1.79. The number of hydrogen-bond acceptors (Lipinski definition) is 1. The van der Waals surface area contributed by atoms with Crippen LogP contribution in [0.15, 0.2) is 18.2 Å². The number of halogens is 2. The molecule has 0 bridgehead atoms. The van der Waals surface area contributed by atoms with Crippen LogP contribution in [0, 0.1) is 17.6 Å². The molecule has 0 saturated carbocycles. The first-order valence-corrected chi connectivity index (χ1v) is 5.71. The second-order valence-corrected chi connectivity index (χ2v) is 4.23. The monoisotopic (exact) mass is 227 g/mol. The Labute approximate surface area is 95.9 Å². The first kappa shape index (κ1) is 13.1. The molecule has 2 unspecified atom stereocenters. The Hall–Kier alpha value is -0.960. The summed E-state index contributed by atoms with van der Waals surface area (Å²) in [5.41, 5.74) is 0.158. The highest BCUT2D eigenvalue weighted by molar-refractivity contribution is 5.23. The van der Waals surface area contributed by atoms with Gasteiger partial charge in [-0.3, -0.25) is 0 Å². The molecule has 16 heavy (non-hydrogen) atoms. The summed E-state index contributed by atoms with van der Waals surface area (Å²) in [4.78, 5) is 0. The van der Waals surface area contributed by atoms with E-state index < -0.39 is 11.6 Å². The maximum atomic E-state index is 13.6. The molecule has 0 amide bonds. The summed E-state index contributed by atoms with van der Waals surface area (Å²) >= 11 is 0. The van der Waals surface area contributed by atoms with E-state index >= 15 is 0 Å². The van der Waals surface area contributed by atoms with E-state index in [1.54, 1.807) is 7.05 Å². The Morgan fingerprint density at radius 3 is 2.25 bits per heavy atom. The molecule has 0 aliphatic heterocycles. The quantitative estimate of drug-likeness (QED) is 0.809. The van der Waals surface area contributed by atoms with E-state index in [2.05, 4.69) is 19.2 Å². The predicted octanol–water partition coefficient (Wildman–Crippen LogP) is 3.66. The van der Waals surface area contributed by atoms with Gasteiger partial charge in [0, 0.05) is 11.6 Å². The molecule has 1 aromatic rings. The van der Waals surface area contributed by atoms with Crippen LogP contribution in [0.5, 0.6) is 0 Å². The van der Waals surface area contributed by atoms with Gasteiger partial charge in [-0.25, -0.2) is 8.78 Å². The Kier molecular flexibility index (Phi) is 4.87. The maximum absolute atomic E-state index is 13.6. The van der Waals surface area contributed by atoms with E-state index in [1.165, 1.54) is 18.2 Å². The van der Waals surface area contributed by atoms with Crippen molar-refractivity contribution in [3.05, 3.63) is 35.4 Å². The van der Waals surface area contributed by atoms with Gasteiger partial charge in [-0.1, -0.05) is 26.3 Å². The molecule has 0 aliphatic carbocycles. The molecule has 1 rings (SSSR count). The minimum atomic E-state index is -0.470. The van der Waals surface area contributed by atoms with Crippen LogP contribution in [0.4, 0.5) is 8.78 Å². The molecule has 0 heterocycles. The average molecular weight is 227 g/mol. The van der Waals surface area contributed by atoms with Crippen molar-refractivity contribution in [3.8, 4) is 0 Å². The van der Waals surface area contributed by atoms with E-state index in [4.69, 9.17) is 0 Å². The molecule has 1 aromatic carbocycles. The Morgan fingerprint density at radius 2 is 1.81 bits per heavy atom. The predicted molar refractivity (Wildman–Crippen MR) is 62.2 cm³/mol. The molecule has 90 valence electrons. The second-order valence-electron chi connectivity index (χ2n) is 4.23. The summed E-state index contributed by atoms with van der Waals surface area (Å²) in [6.07, 6.45) is 1.75. The lowest BCUT2D eigenvalue weighted by molar-refractivity contribution is 0.397. The minimum absolute atomic E-state index is 0.158. The highest BCUT2D eigenvalue weighted by Gasteiger charge is 2.19. The van der Waals surface area contributed by atoms with Crippen molar-refractivity contribution in [2.45, 2.75) is 32.7 Å². The van der Waals surface area contributed by atoms with Gasteiger partial charge in [-0.2, -0.15) is 0 Å². The molecule has 0 aromatic heterocycles. The van der Waals surface area contributed by atoms with E-state index in [-0.39, 0.29) is 11.6 Å². The molecule has 0 aliphatic rings. The molecular formula is C13H19F2N. The summed E-state index contributed by atoms with van der Waals surface area (Å²) in [6.45, 7) is 4.16. The van der Waals surface area contributed by atoms with Crippen LogP contribution in [-0.2, 0) is 0 Å². The fourth-order valence-electron chi connectivity index (χ4n) is 1.79. The van der Waals surface area contributed by atoms with Gasteiger partial charge < -0.3 is 5.32 Å². The number of nitrogens with one attached hydrogen (secondary N) is 1. The smallest absolute Gasteiger partial charge is 0.130 e. The van der Waals surface area contributed by atoms with Crippen molar-refractivity contribution in [1.82, 2.24) is 5.32 Å². The van der Waals surface area contributed by atoms with Crippen LogP contribution in [0.1, 0.15) is 38.3 Å². The zero-order chi connectivity index (χ0) is 12.1. The third-order valence-corrected chi connectivity index (χ3v) is 3.03. The van der Waals surface area contributed by atoms with Crippen molar-refractivity contribution in [2.24, 2.45) is 5.92 Å². The summed E-state index contributed by atoms with van der Waals surface area (Å²) in [7, 11) is 1.74. The summed E-state index contributed by atoms with van der Waals surface area (Å²) in [5, 5.41) is 2.99. The summed E-state index contributed by atoms with van der Waals surface area (Å²) in [5.74, 6) is -0.498. The largest absolute Gasteiger partial charge is 0.313 e. The number of hydrogen-bond donors (Lipinski definition) is 1. The second kappa shape index (κ2) is 5.94. The lowest BCUT2D eigenvalue weighted by Gasteiger charge is -2.21. The van der Waals surface area contributed by atoms with E-state index in [0.717, 1.165) is 12.8 Å². The summed E-state index contributed by atoms with van der Waals surface area (Å²) < 4.78 is 27.1. The molecule has 2 atom stereocenters. The van der Waals surface area contributed by atoms with Crippen LogP contribution in [-0.4, -0.2) is 7.05 Å². The Morgan fingerprint density at radius 1 is 1.25 bits per heavy atom. The van der Waals surface area contributed by atoms with Gasteiger partial charge in [-0.05, 0) is 31.5 Å². The third kappa shape index (κ3) is 3.01. The SMILES string of the molecule is CCC(C)CC(NC)c1c(F)cccc1F. The molecular weight excluding hydrogens is 208 g/mol. The molecule has 0 fully saturated rings. The number of benzene rings is 1. The van der Waals surface area contributed by atoms with Gasteiger partial charge >= 0.3 is 0 Å². The topological polar surface area (TPSA) is 12.0 Å².